The van der Waals surface area contributed by atoms with Crippen molar-refractivity contribution >= 4 is 21.9 Å². The van der Waals surface area contributed by atoms with Gasteiger partial charge in [-0.25, -0.2) is 0 Å². The van der Waals surface area contributed by atoms with Crippen LogP contribution in [0.2, 0.25) is 0 Å². The molecule has 0 aliphatic rings. The fourth-order valence-corrected chi connectivity index (χ4v) is 0.544. The summed E-state index contributed by atoms with van der Waals surface area (Å²) in [5.41, 5.74) is 0. The van der Waals surface area contributed by atoms with Crippen LogP contribution in [0.1, 0.15) is 12.8 Å². The number of hydrogen-bond donors (Lipinski definition) is 1. The van der Waals surface area contributed by atoms with Crippen LogP contribution in [0.5, 0.6) is 0 Å². The lowest BCUT2D eigenvalue weighted by atomic mass is 10.2. The van der Waals surface area contributed by atoms with Crippen LogP contribution < -0.4 is 0 Å². The molecule has 0 aliphatic carbocycles. The van der Waals surface area contributed by atoms with Crippen LogP contribution in [0.15, 0.2) is 0 Å². The van der Waals surface area contributed by atoms with E-state index in [0.717, 1.165) is 0 Å². The summed E-state index contributed by atoms with van der Waals surface area (Å²) in [6.45, 7) is 0. The molecule has 4 heteroatoms. The van der Waals surface area contributed by atoms with E-state index in [0.29, 0.717) is 6.42 Å². The van der Waals surface area contributed by atoms with Gasteiger partial charge in [0, 0.05) is 6.42 Å². The third kappa shape index (κ3) is 5.31. The summed E-state index contributed by atoms with van der Waals surface area (Å²) in [5, 5.41) is 16.3. The normalized spacial score (nSPS) is 12.0. The predicted molar refractivity (Wildman–Crippen MR) is 35.2 cm³/mol. The minimum atomic E-state index is -0.866. The predicted octanol–water partition coefficient (Wildman–Crippen LogP) is 1.14. The molecule has 0 aromatic rings. The van der Waals surface area contributed by atoms with Crippen LogP contribution in [0.3, 0.4) is 0 Å². The van der Waals surface area contributed by atoms with Gasteiger partial charge in [-0.15, -0.1) is 0 Å². The van der Waals surface area contributed by atoms with E-state index in [1.807, 2.05) is 6.07 Å². The molecule has 1 unspecified atom stereocenters. The first-order chi connectivity index (χ1) is 4.16. The van der Waals surface area contributed by atoms with Crippen molar-refractivity contribution in [3.63, 3.8) is 0 Å². The average molecular weight is 192 g/mol. The van der Waals surface area contributed by atoms with Gasteiger partial charge >= 0.3 is 5.97 Å². The summed E-state index contributed by atoms with van der Waals surface area (Å²) in [6, 6.07) is 1.87. The monoisotopic (exact) mass is 191 g/mol. The van der Waals surface area contributed by atoms with Crippen LogP contribution in [0.25, 0.3) is 0 Å². The fourth-order valence-electron chi connectivity index (χ4n) is 0.315. The van der Waals surface area contributed by atoms with Crippen molar-refractivity contribution in [1.82, 2.24) is 0 Å². The molecule has 0 radical (unpaired) electrons. The number of aliphatic carboxylic acids is 1. The van der Waals surface area contributed by atoms with Crippen LogP contribution >= 0.6 is 15.9 Å². The molecule has 9 heavy (non-hydrogen) atoms. The fraction of sp³-hybridized carbons (Fsp3) is 0.600. The molecule has 0 rings (SSSR count). The second kappa shape index (κ2) is 4.33. The van der Waals surface area contributed by atoms with Gasteiger partial charge in [-0.3, -0.25) is 4.79 Å². The number of halogens is 1. The molecule has 3 nitrogen and oxygen atoms in total. The Morgan fingerprint density at radius 3 is 2.78 bits per heavy atom. The molecule has 0 amide bonds. The highest BCUT2D eigenvalue weighted by molar-refractivity contribution is 9.09. The van der Waals surface area contributed by atoms with Gasteiger partial charge in [0.15, 0.2) is 0 Å². The standard InChI is InChI=1S/C5H6BrNO2/c6-4(3-7)1-2-5(8)9/h4H,1-2H2,(H,8,9). The van der Waals surface area contributed by atoms with E-state index < -0.39 is 5.97 Å². The first-order valence-corrected chi connectivity index (χ1v) is 3.34. The Hall–Kier alpha value is -0.560. The minimum Gasteiger partial charge on any atom is -0.481 e. The molecule has 0 saturated heterocycles. The van der Waals surface area contributed by atoms with Crippen LogP contribution in [-0.4, -0.2) is 15.9 Å². The molecule has 0 aromatic carbocycles. The summed E-state index contributed by atoms with van der Waals surface area (Å²) >= 11 is 2.98. The number of nitrogens with zero attached hydrogens (tertiary/aromatic N) is 1. The topological polar surface area (TPSA) is 61.1 Å². The SMILES string of the molecule is N#CC(Br)CCC(=O)O. The summed E-state index contributed by atoms with van der Waals surface area (Å²) in [7, 11) is 0. The van der Waals surface area contributed by atoms with E-state index in [1.54, 1.807) is 0 Å². The van der Waals surface area contributed by atoms with Gasteiger partial charge < -0.3 is 5.11 Å². The van der Waals surface area contributed by atoms with Crippen molar-refractivity contribution < 1.29 is 9.90 Å². The van der Waals surface area contributed by atoms with Gasteiger partial charge in [0.2, 0.25) is 0 Å². The van der Waals surface area contributed by atoms with E-state index >= 15 is 0 Å². The highest BCUT2D eigenvalue weighted by Crippen LogP contribution is 2.05. The molecular weight excluding hydrogens is 186 g/mol. The van der Waals surface area contributed by atoms with Gasteiger partial charge in [0.05, 0.1) is 6.07 Å². The molecule has 0 spiro atoms. The van der Waals surface area contributed by atoms with Gasteiger partial charge in [-0.05, 0) is 6.42 Å². The van der Waals surface area contributed by atoms with E-state index in [1.165, 1.54) is 0 Å². The van der Waals surface area contributed by atoms with Crippen molar-refractivity contribution in [2.75, 3.05) is 0 Å². The highest BCUT2D eigenvalue weighted by Gasteiger charge is 2.03. The zero-order chi connectivity index (χ0) is 7.28. The second-order valence-corrected chi connectivity index (χ2v) is 2.63. The highest BCUT2D eigenvalue weighted by atomic mass is 79.9. The van der Waals surface area contributed by atoms with Crippen molar-refractivity contribution in [3.8, 4) is 6.07 Å². The van der Waals surface area contributed by atoms with E-state index in [-0.39, 0.29) is 11.2 Å². The zero-order valence-electron chi connectivity index (χ0n) is 4.67. The second-order valence-electron chi connectivity index (χ2n) is 1.53. The van der Waals surface area contributed by atoms with Crippen LogP contribution in [0, 0.1) is 11.3 Å². The summed E-state index contributed by atoms with van der Waals surface area (Å²) < 4.78 is 0. The summed E-state index contributed by atoms with van der Waals surface area (Å²) in [6.07, 6.45) is 0.412. The maximum Gasteiger partial charge on any atom is 0.303 e. The lowest BCUT2D eigenvalue weighted by Gasteiger charge is -1.93. The van der Waals surface area contributed by atoms with E-state index in [2.05, 4.69) is 15.9 Å². The molecule has 0 bridgehead atoms. The number of nitriles is 1. The summed E-state index contributed by atoms with van der Waals surface area (Å²) in [5.74, 6) is -0.866. The molecule has 0 fully saturated rings. The molecule has 0 aliphatic heterocycles. The number of rotatable bonds is 3. The third-order valence-corrected chi connectivity index (χ3v) is 1.41. The lowest BCUT2D eigenvalue weighted by molar-refractivity contribution is -0.137. The summed E-state index contributed by atoms with van der Waals surface area (Å²) in [4.78, 5) is 9.56. The van der Waals surface area contributed by atoms with Gasteiger partial charge in [0.1, 0.15) is 4.83 Å². The quantitative estimate of drug-likeness (QED) is 0.682. The minimum absolute atomic E-state index is 0.0451. The Morgan fingerprint density at radius 2 is 2.44 bits per heavy atom. The van der Waals surface area contributed by atoms with Crippen molar-refractivity contribution in [2.24, 2.45) is 0 Å². The first-order valence-electron chi connectivity index (χ1n) is 2.42. The zero-order valence-corrected chi connectivity index (χ0v) is 6.26. The van der Waals surface area contributed by atoms with Crippen molar-refractivity contribution in [2.45, 2.75) is 17.7 Å². The van der Waals surface area contributed by atoms with Crippen LogP contribution in [0.4, 0.5) is 0 Å². The van der Waals surface area contributed by atoms with Crippen molar-refractivity contribution in [3.05, 3.63) is 0 Å². The third-order valence-electron chi connectivity index (χ3n) is 0.752. The smallest absolute Gasteiger partial charge is 0.303 e. The molecule has 0 heterocycles. The Morgan fingerprint density at radius 1 is 1.89 bits per heavy atom. The molecule has 50 valence electrons. The largest absolute Gasteiger partial charge is 0.481 e. The number of carbonyl (C=O) groups is 1. The maximum atomic E-state index is 9.89. The van der Waals surface area contributed by atoms with Gasteiger partial charge in [-0.1, -0.05) is 15.9 Å². The van der Waals surface area contributed by atoms with Gasteiger partial charge in [-0.2, -0.15) is 5.26 Å². The number of carboxylic acid groups (broad SMARTS) is 1. The molecule has 0 aromatic heterocycles. The maximum absolute atomic E-state index is 9.89. The van der Waals surface area contributed by atoms with Gasteiger partial charge in [0.25, 0.3) is 0 Å². The Bertz CT molecular complexity index is 140. The Labute approximate surface area is 61.4 Å². The van der Waals surface area contributed by atoms with E-state index in [4.69, 9.17) is 10.4 Å². The van der Waals surface area contributed by atoms with E-state index in [9.17, 15) is 4.79 Å². The molecular formula is C5H6BrNO2. The average Bonchev–Trinajstić information content (AvgIpc) is 1.83. The van der Waals surface area contributed by atoms with Crippen LogP contribution in [-0.2, 0) is 4.79 Å². The molecule has 0 saturated carbocycles. The Balaban J connectivity index is 3.30. The first kappa shape index (κ1) is 8.44. The lowest BCUT2D eigenvalue weighted by Crippen LogP contribution is -2.00. The number of hydrogen-bond acceptors (Lipinski definition) is 2. The van der Waals surface area contributed by atoms with Crippen molar-refractivity contribution in [1.29, 1.82) is 5.26 Å². The number of carboxylic acids is 1. The number of alkyl halides is 1. The molecule has 1 atom stereocenters. The molecule has 1 N–H and O–H groups in total. The Kier molecular flexibility index (Phi) is 4.06.